The predicted octanol–water partition coefficient (Wildman–Crippen LogP) is 4.96. The summed E-state index contributed by atoms with van der Waals surface area (Å²) in [5.74, 6) is 1.98. The molecule has 3 nitrogen and oxygen atoms in total. The molecule has 0 aliphatic rings. The molecule has 0 aliphatic carbocycles. The number of ether oxygens (including phenoxy) is 2. The molecule has 0 heterocycles. The molecule has 0 fully saturated rings. The van der Waals surface area contributed by atoms with Crippen LogP contribution in [-0.2, 0) is 0 Å². The number of hydrogen-bond acceptors (Lipinski definition) is 3. The molecule has 0 aliphatic heterocycles. The predicted molar refractivity (Wildman–Crippen MR) is 105 cm³/mol. The standard InChI is InChI=1S/C22H31NO2/c1-22(2,3)23(4)16-15-18(17-11-8-7-9-12-17)21-19(24-5)13-10-14-20(21)25-6/h7-14,18H,15-16H2,1-6H3. The maximum absolute atomic E-state index is 5.67. The maximum atomic E-state index is 5.67. The maximum Gasteiger partial charge on any atom is 0.126 e. The van der Waals surface area contributed by atoms with Crippen molar-refractivity contribution in [2.45, 2.75) is 38.6 Å². The zero-order valence-electron chi connectivity index (χ0n) is 16.4. The second-order valence-electron chi connectivity index (χ2n) is 7.42. The molecule has 3 heteroatoms. The van der Waals surface area contributed by atoms with Gasteiger partial charge in [-0.2, -0.15) is 0 Å². The topological polar surface area (TPSA) is 21.7 Å². The van der Waals surface area contributed by atoms with E-state index in [9.17, 15) is 0 Å². The van der Waals surface area contributed by atoms with Crippen LogP contribution in [0, 0.1) is 0 Å². The first-order valence-corrected chi connectivity index (χ1v) is 8.85. The fourth-order valence-corrected chi connectivity index (χ4v) is 3.04. The van der Waals surface area contributed by atoms with E-state index < -0.39 is 0 Å². The molecule has 0 N–H and O–H groups in total. The third-order valence-corrected chi connectivity index (χ3v) is 4.91. The van der Waals surface area contributed by atoms with Gasteiger partial charge >= 0.3 is 0 Å². The Hall–Kier alpha value is -2.00. The summed E-state index contributed by atoms with van der Waals surface area (Å²) in [7, 11) is 5.63. The third-order valence-electron chi connectivity index (χ3n) is 4.91. The van der Waals surface area contributed by atoms with Crippen LogP contribution in [-0.4, -0.2) is 38.3 Å². The van der Waals surface area contributed by atoms with Gasteiger partial charge in [-0.15, -0.1) is 0 Å². The lowest BCUT2D eigenvalue weighted by Gasteiger charge is -2.33. The zero-order valence-corrected chi connectivity index (χ0v) is 16.4. The van der Waals surface area contributed by atoms with Gasteiger partial charge in [-0.25, -0.2) is 0 Å². The van der Waals surface area contributed by atoms with E-state index in [4.69, 9.17) is 9.47 Å². The molecule has 25 heavy (non-hydrogen) atoms. The van der Waals surface area contributed by atoms with Gasteiger partial charge in [-0.05, 0) is 58.5 Å². The fourth-order valence-electron chi connectivity index (χ4n) is 3.04. The average molecular weight is 341 g/mol. The summed E-state index contributed by atoms with van der Waals surface area (Å²) in [6.45, 7) is 7.72. The summed E-state index contributed by atoms with van der Waals surface area (Å²) in [6.07, 6.45) is 0.995. The van der Waals surface area contributed by atoms with Crippen LogP contribution in [0.2, 0.25) is 0 Å². The Morgan fingerprint density at radius 2 is 1.44 bits per heavy atom. The summed E-state index contributed by atoms with van der Waals surface area (Å²) in [6, 6.07) is 16.6. The van der Waals surface area contributed by atoms with Crippen molar-refractivity contribution in [2.24, 2.45) is 0 Å². The van der Waals surface area contributed by atoms with Gasteiger partial charge in [0.1, 0.15) is 11.5 Å². The van der Waals surface area contributed by atoms with Crippen LogP contribution in [0.4, 0.5) is 0 Å². The number of benzene rings is 2. The summed E-state index contributed by atoms with van der Waals surface area (Å²) >= 11 is 0. The van der Waals surface area contributed by atoms with E-state index in [1.54, 1.807) is 14.2 Å². The van der Waals surface area contributed by atoms with Gasteiger partial charge in [0.25, 0.3) is 0 Å². The van der Waals surface area contributed by atoms with Crippen LogP contribution in [0.3, 0.4) is 0 Å². The van der Waals surface area contributed by atoms with Gasteiger partial charge in [-0.1, -0.05) is 36.4 Å². The van der Waals surface area contributed by atoms with Crippen LogP contribution < -0.4 is 9.47 Å². The van der Waals surface area contributed by atoms with Crippen molar-refractivity contribution in [1.82, 2.24) is 4.90 Å². The summed E-state index contributed by atoms with van der Waals surface area (Å²) in [4.78, 5) is 2.39. The molecule has 0 saturated heterocycles. The molecule has 2 aromatic rings. The highest BCUT2D eigenvalue weighted by Crippen LogP contribution is 2.40. The molecular formula is C22H31NO2. The zero-order chi connectivity index (χ0) is 18.4. The van der Waals surface area contributed by atoms with Gasteiger partial charge in [0.05, 0.1) is 14.2 Å². The smallest absolute Gasteiger partial charge is 0.126 e. The average Bonchev–Trinajstić information content (AvgIpc) is 2.61. The van der Waals surface area contributed by atoms with E-state index in [1.165, 1.54) is 5.56 Å². The van der Waals surface area contributed by atoms with Crippen molar-refractivity contribution in [3.8, 4) is 11.5 Å². The summed E-state index contributed by atoms with van der Waals surface area (Å²) < 4.78 is 11.3. The molecule has 0 aromatic heterocycles. The first-order valence-electron chi connectivity index (χ1n) is 8.85. The lowest BCUT2D eigenvalue weighted by Crippen LogP contribution is -2.39. The quantitative estimate of drug-likeness (QED) is 0.711. The minimum Gasteiger partial charge on any atom is -0.496 e. The minimum atomic E-state index is 0.145. The Morgan fingerprint density at radius 3 is 1.92 bits per heavy atom. The second kappa shape index (κ2) is 8.39. The highest BCUT2D eigenvalue weighted by molar-refractivity contribution is 5.51. The van der Waals surface area contributed by atoms with Crippen LogP contribution in [0.15, 0.2) is 48.5 Å². The van der Waals surface area contributed by atoms with Crippen molar-refractivity contribution in [2.75, 3.05) is 27.8 Å². The largest absolute Gasteiger partial charge is 0.496 e. The van der Waals surface area contributed by atoms with Gasteiger partial charge in [-0.3, -0.25) is 0 Å². The minimum absolute atomic E-state index is 0.145. The number of rotatable bonds is 7. The first-order chi connectivity index (χ1) is 11.9. The van der Waals surface area contributed by atoms with Crippen LogP contribution in [0.1, 0.15) is 44.2 Å². The van der Waals surface area contributed by atoms with Gasteiger partial charge in [0.15, 0.2) is 0 Å². The second-order valence-corrected chi connectivity index (χ2v) is 7.42. The lowest BCUT2D eigenvalue weighted by molar-refractivity contribution is 0.171. The van der Waals surface area contributed by atoms with E-state index >= 15 is 0 Å². The van der Waals surface area contributed by atoms with Crippen LogP contribution in [0.25, 0.3) is 0 Å². The Kier molecular flexibility index (Phi) is 6.49. The van der Waals surface area contributed by atoms with Crippen molar-refractivity contribution in [3.63, 3.8) is 0 Å². The third kappa shape index (κ3) is 4.76. The van der Waals surface area contributed by atoms with Gasteiger partial charge in [0, 0.05) is 17.0 Å². The highest BCUT2D eigenvalue weighted by Gasteiger charge is 2.25. The number of nitrogens with zero attached hydrogens (tertiary/aromatic N) is 1. The van der Waals surface area contributed by atoms with Crippen LogP contribution in [0.5, 0.6) is 11.5 Å². The summed E-state index contributed by atoms with van der Waals surface area (Å²) in [5, 5.41) is 0. The molecule has 1 atom stereocenters. The Bertz CT molecular complexity index is 639. The monoisotopic (exact) mass is 341 g/mol. The normalized spacial score (nSPS) is 12.9. The van der Waals surface area contributed by atoms with E-state index in [-0.39, 0.29) is 11.5 Å². The van der Waals surface area contributed by atoms with E-state index in [0.29, 0.717) is 0 Å². The lowest BCUT2D eigenvalue weighted by atomic mass is 9.86. The Morgan fingerprint density at radius 1 is 0.880 bits per heavy atom. The molecule has 0 radical (unpaired) electrons. The van der Waals surface area contributed by atoms with Crippen LogP contribution >= 0.6 is 0 Å². The van der Waals surface area contributed by atoms with E-state index in [1.807, 2.05) is 18.2 Å². The Labute approximate surface area is 152 Å². The van der Waals surface area contributed by atoms with Gasteiger partial charge < -0.3 is 14.4 Å². The van der Waals surface area contributed by atoms with Crippen molar-refractivity contribution in [3.05, 3.63) is 59.7 Å². The molecule has 0 amide bonds. The first kappa shape index (κ1) is 19.3. The number of methoxy groups -OCH3 is 2. The molecule has 1 unspecified atom stereocenters. The SMILES string of the molecule is COc1cccc(OC)c1C(CCN(C)C(C)(C)C)c1ccccc1. The molecule has 0 spiro atoms. The molecule has 2 rings (SSSR count). The van der Waals surface area contributed by atoms with Crippen molar-refractivity contribution in [1.29, 1.82) is 0 Å². The highest BCUT2D eigenvalue weighted by atomic mass is 16.5. The summed E-state index contributed by atoms with van der Waals surface area (Å²) in [5.41, 5.74) is 2.56. The molecular weight excluding hydrogens is 310 g/mol. The van der Waals surface area contributed by atoms with E-state index in [2.05, 4.69) is 63.1 Å². The number of hydrogen-bond donors (Lipinski definition) is 0. The Balaban J connectivity index is 2.43. The molecule has 0 bridgehead atoms. The molecule has 2 aromatic carbocycles. The van der Waals surface area contributed by atoms with E-state index in [0.717, 1.165) is 30.0 Å². The molecule has 136 valence electrons. The van der Waals surface area contributed by atoms with Gasteiger partial charge in [0.2, 0.25) is 0 Å². The fraction of sp³-hybridized carbons (Fsp3) is 0.455. The van der Waals surface area contributed by atoms with Crippen molar-refractivity contribution >= 4 is 0 Å². The molecule has 0 saturated carbocycles. The van der Waals surface area contributed by atoms with Crippen molar-refractivity contribution < 1.29 is 9.47 Å².